The Bertz CT molecular complexity index is 1160. The largest absolute Gasteiger partial charge is 0.326 e. The first-order valence-corrected chi connectivity index (χ1v) is 10.1. The molecule has 1 amide bonds. The van der Waals surface area contributed by atoms with Crippen molar-refractivity contribution in [3.63, 3.8) is 0 Å². The summed E-state index contributed by atoms with van der Waals surface area (Å²) in [5.41, 5.74) is 6.78. The van der Waals surface area contributed by atoms with Crippen molar-refractivity contribution < 1.29 is 4.79 Å². The lowest BCUT2D eigenvalue weighted by Crippen LogP contribution is -2.16. The second-order valence-electron chi connectivity index (χ2n) is 6.87. The molecule has 0 atom stereocenters. The number of para-hydroxylation sites is 1. The van der Waals surface area contributed by atoms with Gasteiger partial charge in [-0.15, -0.1) is 11.3 Å². The lowest BCUT2D eigenvalue weighted by molar-refractivity contribution is -0.115. The predicted molar refractivity (Wildman–Crippen MR) is 116 cm³/mol. The molecule has 0 aliphatic rings. The number of thiazole rings is 1. The minimum absolute atomic E-state index is 0.0412. The fourth-order valence-corrected chi connectivity index (χ4v) is 4.04. The Morgan fingerprint density at radius 2 is 1.75 bits per heavy atom. The molecule has 28 heavy (non-hydrogen) atoms. The van der Waals surface area contributed by atoms with E-state index in [2.05, 4.69) is 28.3 Å². The number of hydrogen-bond acceptors (Lipinski definition) is 4. The zero-order valence-corrected chi connectivity index (χ0v) is 16.9. The van der Waals surface area contributed by atoms with E-state index in [4.69, 9.17) is 0 Å². The van der Waals surface area contributed by atoms with Crippen LogP contribution >= 0.6 is 11.3 Å². The van der Waals surface area contributed by atoms with Crippen LogP contribution in [0.15, 0.2) is 53.9 Å². The maximum Gasteiger partial charge on any atom is 0.228 e. The van der Waals surface area contributed by atoms with Gasteiger partial charge >= 0.3 is 0 Å². The molecular weight excluding hydrogens is 366 g/mol. The molecule has 2 heterocycles. The first kappa shape index (κ1) is 18.3. The van der Waals surface area contributed by atoms with Crippen molar-refractivity contribution in [2.75, 3.05) is 5.32 Å². The van der Waals surface area contributed by atoms with Crippen LogP contribution in [0, 0.1) is 20.8 Å². The summed E-state index contributed by atoms with van der Waals surface area (Å²) in [5, 5.41) is 7.17. The summed E-state index contributed by atoms with van der Waals surface area (Å²) in [4.78, 5) is 21.8. The molecule has 0 aliphatic heterocycles. The summed E-state index contributed by atoms with van der Waals surface area (Å²) in [7, 11) is 0. The average Bonchev–Trinajstić information content (AvgIpc) is 3.12. The van der Waals surface area contributed by atoms with E-state index in [1.54, 1.807) is 11.3 Å². The quantitative estimate of drug-likeness (QED) is 0.505. The molecular formula is C23H21N3OS. The Kier molecular flexibility index (Phi) is 4.92. The summed E-state index contributed by atoms with van der Waals surface area (Å²) >= 11 is 1.63. The van der Waals surface area contributed by atoms with Crippen molar-refractivity contribution >= 4 is 33.8 Å². The van der Waals surface area contributed by atoms with Gasteiger partial charge in [0.05, 0.1) is 22.6 Å². The van der Waals surface area contributed by atoms with Gasteiger partial charge < -0.3 is 5.32 Å². The number of fused-ring (bicyclic) bond motifs is 1. The highest BCUT2D eigenvalue weighted by molar-refractivity contribution is 7.09. The normalized spacial score (nSPS) is 11.0. The number of pyridine rings is 1. The van der Waals surface area contributed by atoms with E-state index < -0.39 is 0 Å². The zero-order chi connectivity index (χ0) is 19.7. The number of carbonyl (C=O) groups excluding carboxylic acids is 1. The molecule has 0 radical (unpaired) electrons. The third-order valence-corrected chi connectivity index (χ3v) is 5.68. The van der Waals surface area contributed by atoms with Crippen LogP contribution in [0.5, 0.6) is 0 Å². The molecule has 0 unspecified atom stereocenters. The number of nitrogens with one attached hydrogen (secondary N) is 1. The van der Waals surface area contributed by atoms with Crippen LogP contribution in [0.25, 0.3) is 22.2 Å². The van der Waals surface area contributed by atoms with Gasteiger partial charge in [-0.25, -0.2) is 4.98 Å². The molecule has 0 fully saturated rings. The van der Waals surface area contributed by atoms with Gasteiger partial charge in [-0.05, 0) is 50.1 Å². The van der Waals surface area contributed by atoms with Gasteiger partial charge in [0, 0.05) is 27.7 Å². The van der Waals surface area contributed by atoms with E-state index in [1.807, 2.05) is 61.7 Å². The van der Waals surface area contributed by atoms with Gasteiger partial charge in [-0.3, -0.25) is 9.78 Å². The van der Waals surface area contributed by atoms with E-state index >= 15 is 0 Å². The molecule has 4 rings (SSSR count). The summed E-state index contributed by atoms with van der Waals surface area (Å²) in [5.74, 6) is -0.0412. The number of hydrogen-bond donors (Lipinski definition) is 1. The van der Waals surface area contributed by atoms with Gasteiger partial charge in [0.15, 0.2) is 0 Å². The van der Waals surface area contributed by atoms with Crippen LogP contribution in [-0.4, -0.2) is 15.9 Å². The van der Waals surface area contributed by atoms with Crippen LogP contribution in [0.3, 0.4) is 0 Å². The maximum absolute atomic E-state index is 12.6. The molecule has 4 nitrogen and oxygen atoms in total. The molecule has 0 spiro atoms. The van der Waals surface area contributed by atoms with Crippen molar-refractivity contribution in [2.45, 2.75) is 27.2 Å². The molecule has 140 valence electrons. The molecule has 5 heteroatoms. The number of amides is 1. The van der Waals surface area contributed by atoms with Crippen molar-refractivity contribution in [3.05, 3.63) is 75.7 Å². The van der Waals surface area contributed by atoms with E-state index in [9.17, 15) is 4.79 Å². The van der Waals surface area contributed by atoms with E-state index in [0.29, 0.717) is 6.42 Å². The average molecular weight is 388 g/mol. The SMILES string of the molecule is Cc1nc(-c2ccc(NC(=O)Cc3c(C)nc4ccccc4c3C)cc2)cs1. The Balaban J connectivity index is 1.51. The highest BCUT2D eigenvalue weighted by atomic mass is 32.1. The zero-order valence-electron chi connectivity index (χ0n) is 16.1. The van der Waals surface area contributed by atoms with Crippen molar-refractivity contribution in [3.8, 4) is 11.3 Å². The Hall–Kier alpha value is -3.05. The van der Waals surface area contributed by atoms with Gasteiger partial charge in [-0.1, -0.05) is 30.3 Å². The third kappa shape index (κ3) is 3.66. The minimum Gasteiger partial charge on any atom is -0.326 e. The minimum atomic E-state index is -0.0412. The number of nitrogens with zero attached hydrogens (tertiary/aromatic N) is 2. The molecule has 0 saturated carbocycles. The number of aryl methyl sites for hydroxylation is 3. The number of benzene rings is 2. The van der Waals surface area contributed by atoms with Crippen molar-refractivity contribution in [2.24, 2.45) is 0 Å². The number of carbonyl (C=O) groups is 1. The van der Waals surface area contributed by atoms with Crippen LogP contribution in [0.1, 0.15) is 21.8 Å². The summed E-state index contributed by atoms with van der Waals surface area (Å²) in [6.45, 7) is 6.02. The Morgan fingerprint density at radius 1 is 1.00 bits per heavy atom. The lowest BCUT2D eigenvalue weighted by atomic mass is 9.99. The molecule has 4 aromatic rings. The number of rotatable bonds is 4. The fourth-order valence-electron chi connectivity index (χ4n) is 3.42. The summed E-state index contributed by atoms with van der Waals surface area (Å²) < 4.78 is 0. The smallest absolute Gasteiger partial charge is 0.228 e. The van der Waals surface area contributed by atoms with Gasteiger partial charge in [-0.2, -0.15) is 0 Å². The van der Waals surface area contributed by atoms with Crippen LogP contribution in [0.2, 0.25) is 0 Å². The highest BCUT2D eigenvalue weighted by Crippen LogP contribution is 2.25. The second kappa shape index (κ2) is 7.52. The number of anilines is 1. The first-order valence-electron chi connectivity index (χ1n) is 9.18. The monoisotopic (exact) mass is 387 g/mol. The first-order chi connectivity index (χ1) is 13.5. The van der Waals surface area contributed by atoms with Gasteiger partial charge in [0.1, 0.15) is 0 Å². The molecule has 2 aromatic heterocycles. The van der Waals surface area contributed by atoms with Crippen LogP contribution in [0.4, 0.5) is 5.69 Å². The van der Waals surface area contributed by atoms with Crippen molar-refractivity contribution in [1.82, 2.24) is 9.97 Å². The Morgan fingerprint density at radius 3 is 2.46 bits per heavy atom. The number of aromatic nitrogens is 2. The van der Waals surface area contributed by atoms with Gasteiger partial charge in [0.25, 0.3) is 0 Å². The Labute approximate surface area is 168 Å². The van der Waals surface area contributed by atoms with E-state index in [0.717, 1.165) is 49.7 Å². The second-order valence-corrected chi connectivity index (χ2v) is 7.93. The maximum atomic E-state index is 12.6. The predicted octanol–water partition coefficient (Wildman–Crippen LogP) is 5.46. The molecule has 0 aliphatic carbocycles. The van der Waals surface area contributed by atoms with Crippen LogP contribution < -0.4 is 5.32 Å². The van der Waals surface area contributed by atoms with Gasteiger partial charge in [0.2, 0.25) is 5.91 Å². The highest BCUT2D eigenvalue weighted by Gasteiger charge is 2.13. The topological polar surface area (TPSA) is 54.9 Å². The summed E-state index contributed by atoms with van der Waals surface area (Å²) in [6, 6.07) is 15.8. The molecule has 0 bridgehead atoms. The fraction of sp³-hybridized carbons (Fsp3) is 0.174. The third-order valence-electron chi connectivity index (χ3n) is 4.91. The lowest BCUT2D eigenvalue weighted by Gasteiger charge is -2.13. The van der Waals surface area contributed by atoms with E-state index in [-0.39, 0.29) is 5.91 Å². The standard InChI is InChI=1S/C23H21N3OS/c1-14-19-6-4-5-7-21(19)24-15(2)20(14)12-23(27)26-18-10-8-17(9-11-18)22-13-28-16(3)25-22/h4-11,13H,12H2,1-3H3,(H,26,27). The van der Waals surface area contributed by atoms with E-state index in [1.165, 1.54) is 0 Å². The molecule has 2 aromatic carbocycles. The molecule has 1 N–H and O–H groups in total. The van der Waals surface area contributed by atoms with Crippen molar-refractivity contribution in [1.29, 1.82) is 0 Å². The summed E-state index contributed by atoms with van der Waals surface area (Å²) in [6.07, 6.45) is 0.308. The molecule has 0 saturated heterocycles. The van der Waals surface area contributed by atoms with Crippen LogP contribution in [-0.2, 0) is 11.2 Å².